The fourth-order valence-electron chi connectivity index (χ4n) is 2.14. The minimum atomic E-state index is -1.23. The van der Waals surface area contributed by atoms with Crippen molar-refractivity contribution in [1.82, 2.24) is 4.90 Å². The lowest BCUT2D eigenvalue weighted by Gasteiger charge is -2.21. The number of aliphatic carboxylic acids is 1. The summed E-state index contributed by atoms with van der Waals surface area (Å²) in [4.78, 5) is 23.8. The Balaban J connectivity index is 1.99. The number of likely N-dealkylation sites (tertiary alicyclic amines) is 1. The molecule has 8 heteroatoms. The molecule has 21 heavy (non-hydrogen) atoms. The van der Waals surface area contributed by atoms with Gasteiger partial charge in [0.1, 0.15) is 11.9 Å². The molecule has 2 N–H and O–H groups in total. The highest BCUT2D eigenvalue weighted by molar-refractivity contribution is 5.85. The molecule has 1 aromatic carbocycles. The van der Waals surface area contributed by atoms with Crippen LogP contribution >= 0.6 is 0 Å². The lowest BCUT2D eigenvalue weighted by molar-refractivity contribution is -0.149. The van der Waals surface area contributed by atoms with Gasteiger partial charge in [0.15, 0.2) is 18.2 Å². The molecule has 1 amide bonds. The number of ether oxygens (including phenoxy) is 1. The number of hydrogen-bond donors (Lipinski definition) is 2. The fourth-order valence-corrected chi connectivity index (χ4v) is 2.14. The van der Waals surface area contributed by atoms with Crippen molar-refractivity contribution in [3.8, 4) is 5.75 Å². The van der Waals surface area contributed by atoms with Crippen LogP contribution in [0.15, 0.2) is 18.2 Å². The zero-order valence-corrected chi connectivity index (χ0v) is 10.8. The van der Waals surface area contributed by atoms with Crippen molar-refractivity contribution in [1.29, 1.82) is 0 Å². The maximum atomic E-state index is 13.3. The molecule has 2 rings (SSSR count). The molecule has 1 fully saturated rings. The molecule has 1 heterocycles. The summed E-state index contributed by atoms with van der Waals surface area (Å²) >= 11 is 0. The van der Waals surface area contributed by atoms with Crippen LogP contribution in [0.4, 0.5) is 8.78 Å². The van der Waals surface area contributed by atoms with Crippen molar-refractivity contribution in [3.63, 3.8) is 0 Å². The van der Waals surface area contributed by atoms with Crippen LogP contribution in [-0.4, -0.2) is 52.3 Å². The first-order valence-corrected chi connectivity index (χ1v) is 6.16. The highest BCUT2D eigenvalue weighted by Crippen LogP contribution is 2.20. The van der Waals surface area contributed by atoms with Crippen LogP contribution in [0.2, 0.25) is 0 Å². The van der Waals surface area contributed by atoms with Gasteiger partial charge in [-0.15, -0.1) is 0 Å². The second-order valence-corrected chi connectivity index (χ2v) is 4.65. The number of aliphatic hydroxyl groups excluding tert-OH is 1. The molecule has 6 nitrogen and oxygen atoms in total. The van der Waals surface area contributed by atoms with E-state index in [4.69, 9.17) is 9.84 Å². The predicted molar refractivity (Wildman–Crippen MR) is 65.6 cm³/mol. The third-order valence-electron chi connectivity index (χ3n) is 3.13. The van der Waals surface area contributed by atoms with Crippen LogP contribution in [0.25, 0.3) is 0 Å². The number of carbonyl (C=O) groups is 2. The van der Waals surface area contributed by atoms with Gasteiger partial charge >= 0.3 is 5.97 Å². The largest absolute Gasteiger partial charge is 0.481 e. The number of rotatable bonds is 4. The van der Waals surface area contributed by atoms with E-state index in [1.165, 1.54) is 0 Å². The third kappa shape index (κ3) is 3.46. The molecule has 1 aliphatic rings. The highest BCUT2D eigenvalue weighted by Gasteiger charge is 2.38. The molecule has 0 bridgehead atoms. The Kier molecular flexibility index (Phi) is 4.37. The van der Waals surface area contributed by atoms with Crippen molar-refractivity contribution < 1.29 is 33.3 Å². The van der Waals surface area contributed by atoms with E-state index in [1.807, 2.05) is 0 Å². The summed E-state index contributed by atoms with van der Waals surface area (Å²) in [6.45, 7) is -0.718. The molecule has 0 saturated carbocycles. The van der Waals surface area contributed by atoms with Crippen molar-refractivity contribution >= 4 is 11.9 Å². The Morgan fingerprint density at radius 3 is 2.71 bits per heavy atom. The topological polar surface area (TPSA) is 87.1 Å². The first kappa shape index (κ1) is 15.2. The maximum Gasteiger partial charge on any atom is 0.326 e. The van der Waals surface area contributed by atoms with Gasteiger partial charge in [0.25, 0.3) is 5.91 Å². The highest BCUT2D eigenvalue weighted by atomic mass is 19.1. The molecule has 0 spiro atoms. The van der Waals surface area contributed by atoms with E-state index >= 15 is 0 Å². The van der Waals surface area contributed by atoms with Crippen molar-refractivity contribution in [3.05, 3.63) is 29.8 Å². The molecule has 2 unspecified atom stereocenters. The number of carboxylic acid groups (broad SMARTS) is 1. The number of β-amino-alcohol motifs (C(OH)–C–C–N with tert-alkyl or cyclic N) is 1. The van der Waals surface area contributed by atoms with E-state index < -0.39 is 42.3 Å². The third-order valence-corrected chi connectivity index (χ3v) is 3.13. The number of nitrogens with zero attached hydrogens (tertiary/aromatic N) is 1. The lowest BCUT2D eigenvalue weighted by atomic mass is 10.2. The molecule has 1 saturated heterocycles. The Hall–Kier alpha value is -2.22. The molecule has 1 aliphatic heterocycles. The molecular formula is C13H13F2NO5. The summed E-state index contributed by atoms with van der Waals surface area (Å²) in [5, 5.41) is 18.4. The monoisotopic (exact) mass is 301 g/mol. The van der Waals surface area contributed by atoms with Crippen molar-refractivity contribution in [2.45, 2.75) is 18.6 Å². The normalized spacial score (nSPS) is 21.4. The molecule has 0 aromatic heterocycles. The van der Waals surface area contributed by atoms with Gasteiger partial charge in [0, 0.05) is 19.0 Å². The van der Waals surface area contributed by atoms with Gasteiger partial charge in [0.05, 0.1) is 6.10 Å². The standard InChI is InChI=1S/C13H13F2NO5/c14-7-1-2-11(9(15)3-7)21-6-12(18)16-5-8(17)4-10(16)13(19)20/h1-3,8,10,17H,4-6H2,(H,19,20). The van der Waals surface area contributed by atoms with Gasteiger partial charge in [0.2, 0.25) is 0 Å². The first-order valence-electron chi connectivity index (χ1n) is 6.16. The Morgan fingerprint density at radius 1 is 1.38 bits per heavy atom. The summed E-state index contributed by atoms with van der Waals surface area (Å²) in [6, 6.07) is 1.49. The van der Waals surface area contributed by atoms with Crippen LogP contribution in [0.5, 0.6) is 5.75 Å². The van der Waals surface area contributed by atoms with E-state index in [0.717, 1.165) is 17.0 Å². The second kappa shape index (κ2) is 6.04. The molecule has 1 aromatic rings. The van der Waals surface area contributed by atoms with Crippen molar-refractivity contribution in [2.75, 3.05) is 13.2 Å². The van der Waals surface area contributed by atoms with Gasteiger partial charge in [-0.1, -0.05) is 0 Å². The molecule has 114 valence electrons. The van der Waals surface area contributed by atoms with Gasteiger partial charge in [-0.2, -0.15) is 0 Å². The number of halogens is 2. The summed E-state index contributed by atoms with van der Waals surface area (Å²) in [5.74, 6) is -3.97. The molecule has 2 atom stereocenters. The number of carboxylic acids is 1. The Labute approximate surface area is 118 Å². The smallest absolute Gasteiger partial charge is 0.326 e. The van der Waals surface area contributed by atoms with Gasteiger partial charge in [-0.25, -0.2) is 13.6 Å². The Morgan fingerprint density at radius 2 is 2.10 bits per heavy atom. The van der Waals surface area contributed by atoms with Crippen LogP contribution in [-0.2, 0) is 9.59 Å². The summed E-state index contributed by atoms with van der Waals surface area (Å²) in [5.41, 5.74) is 0. The number of hydrogen-bond acceptors (Lipinski definition) is 4. The van der Waals surface area contributed by atoms with E-state index in [0.29, 0.717) is 6.07 Å². The minimum Gasteiger partial charge on any atom is -0.481 e. The van der Waals surface area contributed by atoms with Gasteiger partial charge < -0.3 is 19.8 Å². The lowest BCUT2D eigenvalue weighted by Crippen LogP contribution is -2.43. The van der Waals surface area contributed by atoms with Crippen LogP contribution < -0.4 is 4.74 Å². The number of aliphatic hydroxyl groups is 1. The van der Waals surface area contributed by atoms with E-state index in [1.54, 1.807) is 0 Å². The summed E-state index contributed by atoms with van der Waals surface area (Å²) in [6.07, 6.45) is -0.982. The average molecular weight is 301 g/mol. The van der Waals surface area contributed by atoms with E-state index in [9.17, 15) is 23.5 Å². The molecular weight excluding hydrogens is 288 g/mol. The molecule has 0 aliphatic carbocycles. The second-order valence-electron chi connectivity index (χ2n) is 4.65. The fraction of sp³-hybridized carbons (Fsp3) is 0.385. The van der Waals surface area contributed by atoms with E-state index in [-0.39, 0.29) is 18.7 Å². The minimum absolute atomic E-state index is 0.0635. The van der Waals surface area contributed by atoms with Gasteiger partial charge in [-0.3, -0.25) is 4.79 Å². The predicted octanol–water partition coefficient (Wildman–Crippen LogP) is 0.390. The summed E-state index contributed by atoms with van der Waals surface area (Å²) in [7, 11) is 0. The number of amides is 1. The zero-order valence-electron chi connectivity index (χ0n) is 10.8. The average Bonchev–Trinajstić information content (AvgIpc) is 2.80. The number of carbonyl (C=O) groups excluding carboxylic acids is 1. The zero-order chi connectivity index (χ0) is 15.6. The van der Waals surface area contributed by atoms with Gasteiger partial charge in [-0.05, 0) is 12.1 Å². The van der Waals surface area contributed by atoms with Crippen LogP contribution in [0, 0.1) is 11.6 Å². The molecule has 0 radical (unpaired) electrons. The van der Waals surface area contributed by atoms with Crippen LogP contribution in [0.3, 0.4) is 0 Å². The maximum absolute atomic E-state index is 13.3. The van der Waals surface area contributed by atoms with E-state index in [2.05, 4.69) is 0 Å². The first-order chi connectivity index (χ1) is 9.88. The summed E-state index contributed by atoms with van der Waals surface area (Å²) < 4.78 is 31.0. The Bertz CT molecular complexity index is 565. The number of benzene rings is 1. The quantitative estimate of drug-likeness (QED) is 0.840. The van der Waals surface area contributed by atoms with Crippen molar-refractivity contribution in [2.24, 2.45) is 0 Å². The SMILES string of the molecule is O=C(O)C1CC(O)CN1C(=O)COc1ccc(F)cc1F. The van der Waals surface area contributed by atoms with Crippen LogP contribution in [0.1, 0.15) is 6.42 Å².